The smallest absolute Gasteiger partial charge is 0.125 e. The molecule has 0 amide bonds. The summed E-state index contributed by atoms with van der Waals surface area (Å²) in [6.45, 7) is 2.96. The second-order valence-electron chi connectivity index (χ2n) is 4.41. The highest BCUT2D eigenvalue weighted by Gasteiger charge is 2.20. The van der Waals surface area contributed by atoms with Crippen LogP contribution in [0.15, 0.2) is 18.2 Å². The van der Waals surface area contributed by atoms with E-state index in [0.717, 1.165) is 24.3 Å². The molecule has 1 rings (SSSR count). The van der Waals surface area contributed by atoms with E-state index in [4.69, 9.17) is 21.1 Å². The summed E-state index contributed by atoms with van der Waals surface area (Å²) < 4.78 is 10.5. The molecule has 2 unspecified atom stereocenters. The Morgan fingerprint density at radius 1 is 1.33 bits per heavy atom. The highest BCUT2D eigenvalue weighted by molar-refractivity contribution is 6.30. The molecule has 1 aromatic carbocycles. The van der Waals surface area contributed by atoms with E-state index in [1.54, 1.807) is 14.2 Å². The van der Waals surface area contributed by atoms with Crippen molar-refractivity contribution in [1.29, 1.82) is 0 Å². The zero-order valence-corrected chi connectivity index (χ0v) is 12.3. The lowest BCUT2D eigenvalue weighted by Crippen LogP contribution is -2.25. The van der Waals surface area contributed by atoms with E-state index in [2.05, 4.69) is 12.2 Å². The van der Waals surface area contributed by atoms with E-state index in [0.29, 0.717) is 10.9 Å². The monoisotopic (exact) mass is 271 g/mol. The van der Waals surface area contributed by atoms with Gasteiger partial charge in [-0.15, -0.1) is 0 Å². The fraction of sp³-hybridized carbons (Fsp3) is 0.571. The molecule has 0 aromatic heterocycles. The Bertz CT molecular complexity index is 371. The van der Waals surface area contributed by atoms with Crippen molar-refractivity contribution in [1.82, 2.24) is 5.32 Å². The van der Waals surface area contributed by atoms with E-state index in [1.165, 1.54) is 0 Å². The molecular formula is C14H22ClNO2. The highest BCUT2D eigenvalue weighted by Crippen LogP contribution is 2.33. The van der Waals surface area contributed by atoms with Crippen molar-refractivity contribution in [3.63, 3.8) is 0 Å². The summed E-state index contributed by atoms with van der Waals surface area (Å²) in [5, 5.41) is 4.03. The average Bonchev–Trinajstić information content (AvgIpc) is 2.38. The van der Waals surface area contributed by atoms with Crippen LogP contribution >= 0.6 is 11.6 Å². The van der Waals surface area contributed by atoms with Gasteiger partial charge in [0.15, 0.2) is 0 Å². The Kier molecular flexibility index (Phi) is 6.47. The Morgan fingerprint density at radius 3 is 2.61 bits per heavy atom. The first-order valence-electron chi connectivity index (χ1n) is 6.13. The number of rotatable bonds is 7. The SMILES string of the molecule is CNC(c1ccc(Cl)cc1OC)C(C)CCOC. The molecule has 0 heterocycles. The summed E-state index contributed by atoms with van der Waals surface area (Å²) in [6, 6.07) is 6.00. The molecule has 0 saturated carbocycles. The van der Waals surface area contributed by atoms with E-state index in [1.807, 2.05) is 25.2 Å². The predicted octanol–water partition coefficient (Wildman–Crippen LogP) is 3.28. The normalized spacial score (nSPS) is 14.3. The Labute approximate surface area is 114 Å². The molecule has 0 aliphatic rings. The van der Waals surface area contributed by atoms with Gasteiger partial charge in [-0.2, -0.15) is 0 Å². The van der Waals surface area contributed by atoms with Crippen LogP contribution in [0.25, 0.3) is 0 Å². The van der Waals surface area contributed by atoms with Gasteiger partial charge in [-0.05, 0) is 31.5 Å². The summed E-state index contributed by atoms with van der Waals surface area (Å²) >= 11 is 5.99. The number of nitrogens with one attached hydrogen (secondary N) is 1. The average molecular weight is 272 g/mol. The summed E-state index contributed by atoms with van der Waals surface area (Å²) in [7, 11) is 5.35. The fourth-order valence-corrected chi connectivity index (χ4v) is 2.32. The van der Waals surface area contributed by atoms with Crippen molar-refractivity contribution in [2.24, 2.45) is 5.92 Å². The second-order valence-corrected chi connectivity index (χ2v) is 4.85. The maximum Gasteiger partial charge on any atom is 0.125 e. The van der Waals surface area contributed by atoms with Crippen molar-refractivity contribution in [2.45, 2.75) is 19.4 Å². The molecule has 0 saturated heterocycles. The molecule has 0 aliphatic carbocycles. The van der Waals surface area contributed by atoms with Gasteiger partial charge in [-0.25, -0.2) is 0 Å². The molecule has 18 heavy (non-hydrogen) atoms. The van der Waals surface area contributed by atoms with Crippen molar-refractivity contribution >= 4 is 11.6 Å². The molecule has 0 radical (unpaired) electrons. The summed E-state index contributed by atoms with van der Waals surface area (Å²) in [6.07, 6.45) is 0.994. The van der Waals surface area contributed by atoms with Crippen LogP contribution in [0.3, 0.4) is 0 Å². The van der Waals surface area contributed by atoms with Gasteiger partial charge in [0.1, 0.15) is 5.75 Å². The van der Waals surface area contributed by atoms with E-state index >= 15 is 0 Å². The van der Waals surface area contributed by atoms with Crippen LogP contribution in [0, 0.1) is 5.92 Å². The molecule has 0 bridgehead atoms. The summed E-state index contributed by atoms with van der Waals surface area (Å²) in [5.74, 6) is 1.27. The van der Waals surface area contributed by atoms with Crippen LogP contribution in [0.5, 0.6) is 5.75 Å². The molecule has 0 aliphatic heterocycles. The van der Waals surface area contributed by atoms with Gasteiger partial charge in [0.25, 0.3) is 0 Å². The van der Waals surface area contributed by atoms with Gasteiger partial charge in [0, 0.05) is 30.3 Å². The van der Waals surface area contributed by atoms with Crippen molar-refractivity contribution in [3.05, 3.63) is 28.8 Å². The van der Waals surface area contributed by atoms with E-state index in [-0.39, 0.29) is 6.04 Å². The number of ether oxygens (including phenoxy) is 2. The third-order valence-corrected chi connectivity index (χ3v) is 3.42. The number of hydrogen-bond acceptors (Lipinski definition) is 3. The van der Waals surface area contributed by atoms with Crippen LogP contribution in [-0.4, -0.2) is 27.9 Å². The zero-order valence-electron chi connectivity index (χ0n) is 11.5. The van der Waals surface area contributed by atoms with Gasteiger partial charge in [-0.3, -0.25) is 0 Å². The maximum atomic E-state index is 5.99. The van der Waals surface area contributed by atoms with E-state index < -0.39 is 0 Å². The number of benzene rings is 1. The van der Waals surface area contributed by atoms with Gasteiger partial charge in [-0.1, -0.05) is 24.6 Å². The fourth-order valence-electron chi connectivity index (χ4n) is 2.16. The van der Waals surface area contributed by atoms with E-state index in [9.17, 15) is 0 Å². The third-order valence-electron chi connectivity index (χ3n) is 3.19. The summed E-state index contributed by atoms with van der Waals surface area (Å²) in [4.78, 5) is 0. The second kappa shape index (κ2) is 7.62. The van der Waals surface area contributed by atoms with Crippen LogP contribution < -0.4 is 10.1 Å². The molecule has 0 fully saturated rings. The predicted molar refractivity (Wildman–Crippen MR) is 75.5 cm³/mol. The van der Waals surface area contributed by atoms with Gasteiger partial charge < -0.3 is 14.8 Å². The van der Waals surface area contributed by atoms with Crippen LogP contribution in [0.1, 0.15) is 24.9 Å². The topological polar surface area (TPSA) is 30.5 Å². The molecule has 102 valence electrons. The van der Waals surface area contributed by atoms with Crippen molar-refractivity contribution in [3.8, 4) is 5.75 Å². The Morgan fingerprint density at radius 2 is 2.06 bits per heavy atom. The quantitative estimate of drug-likeness (QED) is 0.826. The minimum Gasteiger partial charge on any atom is -0.496 e. The van der Waals surface area contributed by atoms with Crippen molar-refractivity contribution in [2.75, 3.05) is 27.9 Å². The molecular weight excluding hydrogens is 250 g/mol. The van der Waals surface area contributed by atoms with Crippen LogP contribution in [0.4, 0.5) is 0 Å². The first-order chi connectivity index (χ1) is 8.63. The Balaban J connectivity index is 2.93. The Hall–Kier alpha value is -0.770. The van der Waals surface area contributed by atoms with Crippen molar-refractivity contribution < 1.29 is 9.47 Å². The third kappa shape index (κ3) is 3.87. The minimum absolute atomic E-state index is 0.229. The number of hydrogen-bond donors (Lipinski definition) is 1. The lowest BCUT2D eigenvalue weighted by molar-refractivity contribution is 0.171. The largest absolute Gasteiger partial charge is 0.496 e. The zero-order chi connectivity index (χ0) is 13.5. The van der Waals surface area contributed by atoms with Gasteiger partial charge >= 0.3 is 0 Å². The molecule has 4 heteroatoms. The molecule has 0 spiro atoms. The summed E-state index contributed by atoms with van der Waals surface area (Å²) in [5.41, 5.74) is 1.13. The standard InChI is InChI=1S/C14H22ClNO2/c1-10(7-8-17-3)14(16-2)12-6-5-11(15)9-13(12)18-4/h5-6,9-10,14,16H,7-8H2,1-4H3. The van der Waals surface area contributed by atoms with Crippen LogP contribution in [-0.2, 0) is 4.74 Å². The number of halogens is 1. The first kappa shape index (κ1) is 15.3. The van der Waals surface area contributed by atoms with Gasteiger partial charge in [0.05, 0.1) is 7.11 Å². The molecule has 1 N–H and O–H groups in total. The van der Waals surface area contributed by atoms with Crippen LogP contribution in [0.2, 0.25) is 5.02 Å². The lowest BCUT2D eigenvalue weighted by Gasteiger charge is -2.25. The molecule has 2 atom stereocenters. The first-order valence-corrected chi connectivity index (χ1v) is 6.51. The number of methoxy groups -OCH3 is 2. The highest BCUT2D eigenvalue weighted by atomic mass is 35.5. The maximum absolute atomic E-state index is 5.99. The molecule has 3 nitrogen and oxygen atoms in total. The molecule has 1 aromatic rings. The minimum atomic E-state index is 0.229. The lowest BCUT2D eigenvalue weighted by atomic mass is 9.91. The van der Waals surface area contributed by atoms with Gasteiger partial charge in [0.2, 0.25) is 0 Å².